The molecule has 0 spiro atoms. The highest BCUT2D eigenvalue weighted by molar-refractivity contribution is 6.31. The lowest BCUT2D eigenvalue weighted by Crippen LogP contribution is -2.31. The summed E-state index contributed by atoms with van der Waals surface area (Å²) in [5.74, 6) is -0.270. The van der Waals surface area contributed by atoms with Crippen molar-refractivity contribution in [3.63, 3.8) is 0 Å². The molecular weight excluding hydrogens is 370 g/mol. The first kappa shape index (κ1) is 18.7. The van der Waals surface area contributed by atoms with Gasteiger partial charge in [-0.25, -0.2) is 4.79 Å². The lowest BCUT2D eigenvalue weighted by atomic mass is 10.1. The Kier molecular flexibility index (Phi) is 5.32. The Morgan fingerprint density at radius 2 is 2.04 bits per heavy atom. The number of carbonyl (C=O) groups excluding carboxylic acids is 3. The number of halogens is 1. The molecule has 1 aliphatic heterocycles. The molecule has 0 bridgehead atoms. The molecule has 140 valence electrons. The summed E-state index contributed by atoms with van der Waals surface area (Å²) in [5.41, 5.74) is 2.19. The van der Waals surface area contributed by atoms with E-state index < -0.39 is 6.03 Å². The number of benzene rings is 2. The smallest absolute Gasteiger partial charge is 0.324 e. The van der Waals surface area contributed by atoms with Crippen LogP contribution in [-0.2, 0) is 11.3 Å². The molecule has 0 atom stereocenters. The van der Waals surface area contributed by atoms with Crippen molar-refractivity contribution >= 4 is 35.1 Å². The zero-order valence-electron chi connectivity index (χ0n) is 14.8. The van der Waals surface area contributed by atoms with E-state index in [2.05, 4.69) is 10.6 Å². The molecule has 1 aliphatic rings. The van der Waals surface area contributed by atoms with Crippen LogP contribution in [-0.4, -0.2) is 36.4 Å². The van der Waals surface area contributed by atoms with Crippen molar-refractivity contribution in [1.82, 2.24) is 10.2 Å². The van der Waals surface area contributed by atoms with Gasteiger partial charge < -0.3 is 15.4 Å². The molecule has 0 aromatic heterocycles. The monoisotopic (exact) mass is 387 g/mol. The van der Waals surface area contributed by atoms with Crippen LogP contribution in [0.1, 0.15) is 21.5 Å². The molecule has 4 amide bonds. The second kappa shape index (κ2) is 7.67. The van der Waals surface area contributed by atoms with Gasteiger partial charge in [-0.05, 0) is 30.2 Å². The van der Waals surface area contributed by atoms with Crippen molar-refractivity contribution in [2.24, 2.45) is 0 Å². The summed E-state index contributed by atoms with van der Waals surface area (Å²) in [5, 5.41) is 5.80. The fraction of sp³-hybridized carbons (Fsp3) is 0.211. The molecule has 0 aliphatic carbocycles. The molecule has 1 fully saturated rings. The van der Waals surface area contributed by atoms with Crippen molar-refractivity contribution in [3.05, 3.63) is 58.1 Å². The molecule has 7 nitrogen and oxygen atoms in total. The third kappa shape index (κ3) is 3.88. The van der Waals surface area contributed by atoms with Gasteiger partial charge in [0.15, 0.2) is 0 Å². The Bertz CT molecular complexity index is 913. The number of carbonyl (C=O) groups is 3. The van der Waals surface area contributed by atoms with E-state index in [4.69, 9.17) is 16.3 Å². The molecule has 2 aromatic carbocycles. The molecule has 2 aromatic rings. The lowest BCUT2D eigenvalue weighted by Gasteiger charge is -2.16. The largest absolute Gasteiger partial charge is 0.495 e. The zero-order valence-corrected chi connectivity index (χ0v) is 15.6. The third-order valence-electron chi connectivity index (χ3n) is 4.26. The van der Waals surface area contributed by atoms with Gasteiger partial charge in [0.05, 0.1) is 25.9 Å². The minimum absolute atomic E-state index is 0.0189. The second-order valence-electron chi connectivity index (χ2n) is 6.05. The maximum absolute atomic E-state index is 12.8. The van der Waals surface area contributed by atoms with Crippen LogP contribution in [0, 0.1) is 6.92 Å². The maximum Gasteiger partial charge on any atom is 0.324 e. The Balaban J connectivity index is 1.87. The second-order valence-corrected chi connectivity index (χ2v) is 6.46. The number of nitrogens with one attached hydrogen (secondary N) is 2. The number of amides is 4. The number of hydrogen-bond donors (Lipinski definition) is 2. The van der Waals surface area contributed by atoms with Gasteiger partial charge in [0.2, 0.25) is 5.91 Å². The number of aryl methyl sites for hydroxylation is 1. The van der Waals surface area contributed by atoms with Crippen LogP contribution in [0.3, 0.4) is 0 Å². The van der Waals surface area contributed by atoms with Gasteiger partial charge in [0, 0.05) is 16.7 Å². The number of methoxy groups -OCH3 is 1. The number of hydrogen-bond acceptors (Lipinski definition) is 4. The molecule has 0 unspecified atom stereocenters. The van der Waals surface area contributed by atoms with E-state index in [9.17, 15) is 14.4 Å². The highest BCUT2D eigenvalue weighted by Gasteiger charge is 2.29. The van der Waals surface area contributed by atoms with Gasteiger partial charge in [-0.1, -0.05) is 29.8 Å². The van der Waals surface area contributed by atoms with Crippen LogP contribution in [0.4, 0.5) is 10.5 Å². The number of rotatable bonds is 5. The normalized spacial score (nSPS) is 13.5. The molecule has 1 heterocycles. The van der Waals surface area contributed by atoms with Crippen molar-refractivity contribution in [1.29, 1.82) is 0 Å². The first-order chi connectivity index (χ1) is 12.9. The summed E-state index contributed by atoms with van der Waals surface area (Å²) in [4.78, 5) is 37.5. The maximum atomic E-state index is 12.8. The minimum Gasteiger partial charge on any atom is -0.495 e. The predicted octanol–water partition coefficient (Wildman–Crippen LogP) is 2.96. The lowest BCUT2D eigenvalue weighted by molar-refractivity contribution is -0.125. The summed E-state index contributed by atoms with van der Waals surface area (Å²) in [7, 11) is 1.49. The van der Waals surface area contributed by atoms with Crippen LogP contribution < -0.4 is 15.4 Å². The summed E-state index contributed by atoms with van der Waals surface area (Å²) in [6.07, 6.45) is 0. The van der Waals surface area contributed by atoms with E-state index in [1.54, 1.807) is 36.4 Å². The van der Waals surface area contributed by atoms with Crippen LogP contribution in [0.5, 0.6) is 5.75 Å². The van der Waals surface area contributed by atoms with Crippen LogP contribution in [0.2, 0.25) is 5.02 Å². The fourth-order valence-corrected chi connectivity index (χ4v) is 2.94. The minimum atomic E-state index is -0.467. The Labute approximate surface area is 161 Å². The number of urea groups is 1. The molecule has 0 radical (unpaired) electrons. The predicted molar refractivity (Wildman–Crippen MR) is 101 cm³/mol. The van der Waals surface area contributed by atoms with Gasteiger partial charge >= 0.3 is 6.03 Å². The van der Waals surface area contributed by atoms with E-state index >= 15 is 0 Å². The SMILES string of the molecule is COc1cc(Cl)c(C)cc1NC(=O)c1ccccc1CN1C(=O)CNC1=O. The van der Waals surface area contributed by atoms with E-state index in [-0.39, 0.29) is 24.9 Å². The number of imide groups is 1. The molecule has 27 heavy (non-hydrogen) atoms. The standard InChI is InChI=1S/C19H18ClN3O4/c1-11-7-15(16(27-2)8-14(11)20)22-18(25)13-6-4-3-5-12(13)10-23-17(24)9-21-19(23)26/h3-8H,9-10H2,1-2H3,(H,21,26)(H,22,25). The first-order valence-electron chi connectivity index (χ1n) is 8.22. The highest BCUT2D eigenvalue weighted by Crippen LogP contribution is 2.31. The molecule has 1 saturated heterocycles. The van der Waals surface area contributed by atoms with Crippen LogP contribution in [0.25, 0.3) is 0 Å². The summed E-state index contributed by atoms with van der Waals surface area (Å²) < 4.78 is 5.28. The Hall–Kier alpha value is -3.06. The molecule has 0 saturated carbocycles. The number of ether oxygens (including phenoxy) is 1. The molecule has 8 heteroatoms. The van der Waals surface area contributed by atoms with Gasteiger partial charge in [-0.15, -0.1) is 0 Å². The van der Waals surface area contributed by atoms with Crippen molar-refractivity contribution < 1.29 is 19.1 Å². The Morgan fingerprint density at radius 1 is 1.30 bits per heavy atom. The average molecular weight is 388 g/mol. The number of anilines is 1. The van der Waals surface area contributed by atoms with Crippen molar-refractivity contribution in [3.8, 4) is 5.75 Å². The Morgan fingerprint density at radius 3 is 2.70 bits per heavy atom. The quantitative estimate of drug-likeness (QED) is 0.772. The topological polar surface area (TPSA) is 87.7 Å². The van der Waals surface area contributed by atoms with Gasteiger partial charge in [-0.3, -0.25) is 14.5 Å². The van der Waals surface area contributed by atoms with Gasteiger partial charge in [0.1, 0.15) is 5.75 Å². The first-order valence-corrected chi connectivity index (χ1v) is 8.60. The van der Waals surface area contributed by atoms with E-state index in [0.29, 0.717) is 27.6 Å². The van der Waals surface area contributed by atoms with E-state index in [0.717, 1.165) is 10.5 Å². The zero-order chi connectivity index (χ0) is 19.6. The third-order valence-corrected chi connectivity index (χ3v) is 4.66. The number of nitrogens with zero attached hydrogens (tertiary/aromatic N) is 1. The van der Waals surface area contributed by atoms with Gasteiger partial charge in [-0.2, -0.15) is 0 Å². The summed E-state index contributed by atoms with van der Waals surface area (Å²) in [6.45, 7) is 1.81. The van der Waals surface area contributed by atoms with Crippen molar-refractivity contribution in [2.45, 2.75) is 13.5 Å². The van der Waals surface area contributed by atoms with Crippen LogP contribution >= 0.6 is 11.6 Å². The van der Waals surface area contributed by atoms with E-state index in [1.165, 1.54) is 7.11 Å². The fourth-order valence-electron chi connectivity index (χ4n) is 2.78. The summed E-state index contributed by atoms with van der Waals surface area (Å²) in [6, 6.07) is 9.69. The molecule has 2 N–H and O–H groups in total. The average Bonchev–Trinajstić information content (AvgIpc) is 2.97. The summed E-state index contributed by atoms with van der Waals surface area (Å²) >= 11 is 6.10. The van der Waals surface area contributed by atoms with Crippen molar-refractivity contribution in [2.75, 3.05) is 19.0 Å². The van der Waals surface area contributed by atoms with E-state index in [1.807, 2.05) is 6.92 Å². The van der Waals surface area contributed by atoms with Gasteiger partial charge in [0.25, 0.3) is 5.91 Å². The van der Waals surface area contributed by atoms with Crippen LogP contribution in [0.15, 0.2) is 36.4 Å². The highest BCUT2D eigenvalue weighted by atomic mass is 35.5. The molecular formula is C19H18ClN3O4. The molecule has 3 rings (SSSR count).